The zero-order valence-electron chi connectivity index (χ0n) is 6.71. The fourth-order valence-electron chi connectivity index (χ4n) is 0.604. The van der Waals surface area contributed by atoms with Gasteiger partial charge in [-0.3, -0.25) is 0 Å². The summed E-state index contributed by atoms with van der Waals surface area (Å²) < 4.78 is 0. The van der Waals surface area contributed by atoms with E-state index in [1.54, 1.807) is 0 Å². The molecule has 1 radical (unpaired) electrons. The third-order valence-electron chi connectivity index (χ3n) is 1.10. The van der Waals surface area contributed by atoms with Crippen molar-refractivity contribution in [2.24, 2.45) is 0 Å². The molecule has 0 amide bonds. The van der Waals surface area contributed by atoms with Gasteiger partial charge in [-0.2, -0.15) is 0 Å². The Morgan fingerprint density at radius 1 is 1.20 bits per heavy atom. The summed E-state index contributed by atoms with van der Waals surface area (Å²) in [5.41, 5.74) is 0. The maximum atomic E-state index is 3.76. The van der Waals surface area contributed by atoms with Gasteiger partial charge >= 0.3 is 40.5 Å². The normalized spacial score (nSPS) is 7.60. The van der Waals surface area contributed by atoms with Gasteiger partial charge in [-0.1, -0.05) is 46.0 Å². The largest absolute Gasteiger partial charge is 0.0654 e. The van der Waals surface area contributed by atoms with Crippen LogP contribution < -0.4 is 0 Å². The molecule has 0 aromatic rings. The molecule has 0 aromatic heterocycles. The van der Waals surface area contributed by atoms with Gasteiger partial charge in [0, 0.05) is 0 Å². The number of rotatable bonds is 4. The minimum atomic E-state index is -0.250. The van der Waals surface area contributed by atoms with E-state index in [1.165, 1.54) is 25.7 Å². The van der Waals surface area contributed by atoms with Crippen molar-refractivity contribution in [1.82, 2.24) is 0 Å². The van der Waals surface area contributed by atoms with Gasteiger partial charge in [-0.05, 0) is 0 Å². The van der Waals surface area contributed by atoms with E-state index in [4.69, 9.17) is 0 Å². The van der Waals surface area contributed by atoms with Crippen molar-refractivity contribution >= 4 is 27.2 Å². The number of unbranched alkanes of at least 4 members (excludes halogenated alkanes) is 4. The Bertz CT molecular complexity index is 38.6. The average molecular weight is 324 g/mol. The first kappa shape index (κ1) is 14.1. The molecule has 0 atom stereocenters. The van der Waals surface area contributed by atoms with Gasteiger partial charge in [0.15, 0.2) is 0 Å². The second-order valence-electron chi connectivity index (χ2n) is 2.02. The molecule has 0 fully saturated rings. The molecule has 3 heteroatoms. The minimum absolute atomic E-state index is 0.250. The number of hydrogen-bond donors (Lipinski definition) is 0. The van der Waals surface area contributed by atoms with Crippen molar-refractivity contribution in [3.8, 4) is 0 Å². The summed E-state index contributed by atoms with van der Waals surface area (Å²) in [6, 6.07) is 0. The SMILES string of the molecule is [Br][Zn][Br].[CH2]CCCCCC. The van der Waals surface area contributed by atoms with E-state index in [9.17, 15) is 0 Å². The molecule has 0 spiro atoms. The Morgan fingerprint density at radius 2 is 1.70 bits per heavy atom. The summed E-state index contributed by atoms with van der Waals surface area (Å²) in [5.74, 6) is 0. The first-order valence-electron chi connectivity index (χ1n) is 3.74. The van der Waals surface area contributed by atoms with Gasteiger partial charge in [0.1, 0.15) is 0 Å². The van der Waals surface area contributed by atoms with E-state index in [0.717, 1.165) is 6.42 Å². The molecule has 0 saturated carbocycles. The summed E-state index contributed by atoms with van der Waals surface area (Å²) in [5, 5.41) is 0. The van der Waals surface area contributed by atoms with Crippen LogP contribution in [0.1, 0.15) is 39.0 Å². The maximum Gasteiger partial charge on any atom is -0.0533 e. The first-order chi connectivity index (χ1) is 4.83. The molecule has 0 rings (SSSR count). The summed E-state index contributed by atoms with van der Waals surface area (Å²) in [6.07, 6.45) is 6.52. The summed E-state index contributed by atoms with van der Waals surface area (Å²) in [7, 11) is 0. The number of halogens is 2. The molecule has 0 unspecified atom stereocenters. The van der Waals surface area contributed by atoms with Crippen LogP contribution in [0, 0.1) is 6.92 Å². The van der Waals surface area contributed by atoms with E-state index in [-0.39, 0.29) is 13.2 Å². The Balaban J connectivity index is 0. The van der Waals surface area contributed by atoms with Crippen LogP contribution in [0.5, 0.6) is 0 Å². The first-order valence-corrected chi connectivity index (χ1v) is 17.6. The van der Waals surface area contributed by atoms with Crippen LogP contribution in [-0.2, 0) is 13.2 Å². The quantitative estimate of drug-likeness (QED) is 0.528. The summed E-state index contributed by atoms with van der Waals surface area (Å²) >= 11 is 6.25. The van der Waals surface area contributed by atoms with Gasteiger partial charge in [-0.15, -0.1) is 0 Å². The van der Waals surface area contributed by atoms with Gasteiger partial charge in [0.2, 0.25) is 0 Å². The molecule has 0 N–H and O–H groups in total. The molecule has 0 aliphatic heterocycles. The molecule has 0 aromatic carbocycles. The summed E-state index contributed by atoms with van der Waals surface area (Å²) in [6.45, 7) is 5.98. The van der Waals surface area contributed by atoms with E-state index >= 15 is 0 Å². The van der Waals surface area contributed by atoms with Crippen molar-refractivity contribution in [1.29, 1.82) is 0 Å². The van der Waals surface area contributed by atoms with Gasteiger partial charge in [-0.25, -0.2) is 0 Å². The van der Waals surface area contributed by atoms with E-state index < -0.39 is 0 Å². The van der Waals surface area contributed by atoms with Crippen LogP contribution in [0.3, 0.4) is 0 Å². The van der Waals surface area contributed by atoms with Crippen molar-refractivity contribution in [3.63, 3.8) is 0 Å². The van der Waals surface area contributed by atoms with E-state index in [0.29, 0.717) is 0 Å². The molecule has 0 heterocycles. The van der Waals surface area contributed by atoms with Crippen molar-refractivity contribution in [3.05, 3.63) is 6.92 Å². The molecule has 0 nitrogen and oxygen atoms in total. The van der Waals surface area contributed by atoms with Crippen LogP contribution in [0.15, 0.2) is 0 Å². The molecule has 0 aliphatic rings. The van der Waals surface area contributed by atoms with Crippen LogP contribution in [-0.4, -0.2) is 0 Å². The van der Waals surface area contributed by atoms with Gasteiger partial charge in [0.25, 0.3) is 0 Å². The third kappa shape index (κ3) is 22.6. The van der Waals surface area contributed by atoms with Crippen molar-refractivity contribution in [2.45, 2.75) is 39.0 Å². The van der Waals surface area contributed by atoms with E-state index in [2.05, 4.69) is 41.1 Å². The minimum Gasteiger partial charge on any atom is -0.0654 e. The third-order valence-corrected chi connectivity index (χ3v) is 1.10. The van der Waals surface area contributed by atoms with E-state index in [1.807, 2.05) is 0 Å². The van der Waals surface area contributed by atoms with Crippen molar-refractivity contribution < 1.29 is 13.2 Å². The summed E-state index contributed by atoms with van der Waals surface area (Å²) in [4.78, 5) is 0. The van der Waals surface area contributed by atoms with Crippen LogP contribution >= 0.6 is 27.2 Å². The number of hydrogen-bond acceptors (Lipinski definition) is 0. The maximum absolute atomic E-state index is 3.76. The molecule has 0 aliphatic carbocycles. The Hall–Kier alpha value is 1.58. The Morgan fingerprint density at radius 3 is 2.00 bits per heavy atom. The molecule has 0 saturated heterocycles. The fourth-order valence-corrected chi connectivity index (χ4v) is 0.604. The van der Waals surface area contributed by atoms with Crippen LogP contribution in [0.2, 0.25) is 0 Å². The molecule has 59 valence electrons. The predicted molar refractivity (Wildman–Crippen MR) is 52.0 cm³/mol. The zero-order valence-corrected chi connectivity index (χ0v) is 12.8. The smallest absolute Gasteiger partial charge is 0.0533 e. The Labute approximate surface area is 85.8 Å². The average Bonchev–Trinajstić information content (AvgIpc) is 1.91. The van der Waals surface area contributed by atoms with Crippen LogP contribution in [0.25, 0.3) is 0 Å². The molecular formula is C7H15Br2Zn. The molecular weight excluding hydrogens is 309 g/mol. The fraction of sp³-hybridized carbons (Fsp3) is 0.857. The topological polar surface area (TPSA) is 0 Å². The standard InChI is InChI=1S/C7H15.2BrH.Zn/c1-3-5-7-6-4-2;;;/h1,3-7H2,2H3;2*1H;/q;;;+2/p-2. The Kier molecular flexibility index (Phi) is 23.9. The second-order valence-corrected chi connectivity index (χ2v) is 16.1. The molecule has 10 heavy (non-hydrogen) atoms. The monoisotopic (exact) mass is 321 g/mol. The van der Waals surface area contributed by atoms with Crippen LogP contribution in [0.4, 0.5) is 0 Å². The second kappa shape index (κ2) is 16.9. The van der Waals surface area contributed by atoms with Gasteiger partial charge < -0.3 is 0 Å². The van der Waals surface area contributed by atoms with Gasteiger partial charge in [0.05, 0.1) is 0 Å². The van der Waals surface area contributed by atoms with Crippen molar-refractivity contribution in [2.75, 3.05) is 0 Å². The molecule has 0 bridgehead atoms. The zero-order chi connectivity index (χ0) is 8.24. The predicted octanol–water partition coefficient (Wildman–Crippen LogP) is 4.48.